The summed E-state index contributed by atoms with van der Waals surface area (Å²) in [5.41, 5.74) is 1.57. The fourth-order valence-electron chi connectivity index (χ4n) is 3.35. The van der Waals surface area contributed by atoms with E-state index in [1.807, 2.05) is 36.4 Å². The van der Waals surface area contributed by atoms with Crippen LogP contribution in [0.3, 0.4) is 0 Å². The Balaban J connectivity index is 1.55. The van der Waals surface area contributed by atoms with Crippen LogP contribution in [0.4, 0.5) is 5.82 Å². The summed E-state index contributed by atoms with van der Waals surface area (Å²) in [5, 5.41) is 1.48. The number of pyridine rings is 1. The Hall–Kier alpha value is -2.77. The van der Waals surface area contributed by atoms with Crippen LogP contribution in [0, 0.1) is 0 Å². The predicted molar refractivity (Wildman–Crippen MR) is 109 cm³/mol. The first-order valence-electron chi connectivity index (χ1n) is 8.91. The van der Waals surface area contributed by atoms with E-state index in [1.54, 1.807) is 6.20 Å². The number of benzene rings is 1. The van der Waals surface area contributed by atoms with Crippen molar-refractivity contribution in [2.75, 3.05) is 38.1 Å². The summed E-state index contributed by atoms with van der Waals surface area (Å²) >= 11 is 1.49. The summed E-state index contributed by atoms with van der Waals surface area (Å²) in [5.74, 6) is 0.853. The van der Waals surface area contributed by atoms with Crippen LogP contribution >= 0.6 is 11.3 Å². The third-order valence-electron chi connectivity index (χ3n) is 4.95. The molecule has 0 spiro atoms. The molecule has 4 aromatic rings. The zero-order chi connectivity index (χ0) is 18.4. The van der Waals surface area contributed by atoms with Gasteiger partial charge in [0.05, 0.1) is 15.8 Å². The van der Waals surface area contributed by atoms with E-state index in [0.29, 0.717) is 16.2 Å². The lowest BCUT2D eigenvalue weighted by Crippen LogP contribution is -2.44. The van der Waals surface area contributed by atoms with E-state index in [-0.39, 0.29) is 5.63 Å². The molecule has 0 bridgehead atoms. The largest absolute Gasteiger partial charge is 0.422 e. The van der Waals surface area contributed by atoms with Crippen LogP contribution in [-0.4, -0.2) is 48.1 Å². The molecule has 0 radical (unpaired) electrons. The monoisotopic (exact) mass is 378 g/mol. The van der Waals surface area contributed by atoms with E-state index < -0.39 is 0 Å². The van der Waals surface area contributed by atoms with Crippen molar-refractivity contribution in [1.82, 2.24) is 14.9 Å². The van der Waals surface area contributed by atoms with E-state index in [0.717, 1.165) is 47.6 Å². The van der Waals surface area contributed by atoms with E-state index >= 15 is 0 Å². The van der Waals surface area contributed by atoms with Crippen molar-refractivity contribution in [1.29, 1.82) is 0 Å². The molecule has 0 amide bonds. The maximum atomic E-state index is 12.6. The minimum atomic E-state index is -0.364. The van der Waals surface area contributed by atoms with Gasteiger partial charge in [0.1, 0.15) is 16.4 Å². The van der Waals surface area contributed by atoms with Gasteiger partial charge in [-0.05, 0) is 25.2 Å². The van der Waals surface area contributed by atoms with Crippen LogP contribution in [0.1, 0.15) is 0 Å². The SMILES string of the molecule is CN1CCN(c2cc3oc(=O)c(-c4nc5ccccc5s4)cc3cn2)CC1. The van der Waals surface area contributed by atoms with Gasteiger partial charge in [-0.1, -0.05) is 12.1 Å². The normalized spacial score (nSPS) is 15.7. The highest BCUT2D eigenvalue weighted by Crippen LogP contribution is 2.30. The average molecular weight is 378 g/mol. The number of nitrogens with zero attached hydrogens (tertiary/aromatic N) is 4. The molecule has 1 aliphatic heterocycles. The van der Waals surface area contributed by atoms with Gasteiger partial charge < -0.3 is 14.2 Å². The molecule has 7 heteroatoms. The van der Waals surface area contributed by atoms with Gasteiger partial charge in [0.2, 0.25) is 0 Å². The number of fused-ring (bicyclic) bond motifs is 2. The molecule has 0 unspecified atom stereocenters. The Morgan fingerprint density at radius 2 is 1.93 bits per heavy atom. The Labute approximate surface area is 159 Å². The summed E-state index contributed by atoms with van der Waals surface area (Å²) in [6, 6.07) is 11.6. The summed E-state index contributed by atoms with van der Waals surface area (Å²) in [7, 11) is 2.12. The molecule has 27 heavy (non-hydrogen) atoms. The molecule has 3 aromatic heterocycles. The van der Waals surface area contributed by atoms with Crippen molar-refractivity contribution in [3.63, 3.8) is 0 Å². The Morgan fingerprint density at radius 3 is 2.74 bits per heavy atom. The van der Waals surface area contributed by atoms with Gasteiger partial charge in [-0.2, -0.15) is 0 Å². The molecule has 0 saturated carbocycles. The molecule has 0 atom stereocenters. The van der Waals surface area contributed by atoms with E-state index in [9.17, 15) is 4.79 Å². The lowest BCUT2D eigenvalue weighted by Gasteiger charge is -2.33. The number of aromatic nitrogens is 2. The first kappa shape index (κ1) is 16.4. The third kappa shape index (κ3) is 2.98. The third-order valence-corrected chi connectivity index (χ3v) is 6.02. The molecular formula is C20H18N4O2S. The van der Waals surface area contributed by atoms with Gasteiger partial charge in [-0.25, -0.2) is 14.8 Å². The van der Waals surface area contributed by atoms with Crippen molar-refractivity contribution in [2.45, 2.75) is 0 Å². The summed E-state index contributed by atoms with van der Waals surface area (Å²) < 4.78 is 6.68. The van der Waals surface area contributed by atoms with E-state index in [1.165, 1.54) is 11.3 Å². The Kier molecular flexibility index (Phi) is 3.91. The van der Waals surface area contributed by atoms with Crippen LogP contribution < -0.4 is 10.5 Å². The van der Waals surface area contributed by atoms with Gasteiger partial charge in [0, 0.05) is 43.8 Å². The number of likely N-dealkylation sites (N-methyl/N-ethyl adjacent to an activating group) is 1. The van der Waals surface area contributed by atoms with Crippen molar-refractivity contribution in [3.8, 4) is 10.6 Å². The lowest BCUT2D eigenvalue weighted by molar-refractivity contribution is 0.312. The number of rotatable bonds is 2. The highest BCUT2D eigenvalue weighted by atomic mass is 32.1. The first-order chi connectivity index (χ1) is 13.2. The van der Waals surface area contributed by atoms with Crippen molar-refractivity contribution in [3.05, 3.63) is 53.0 Å². The number of piperazine rings is 1. The molecule has 1 aliphatic rings. The molecule has 0 aliphatic carbocycles. The first-order valence-corrected chi connectivity index (χ1v) is 9.72. The number of para-hydroxylation sites is 1. The van der Waals surface area contributed by atoms with Crippen LogP contribution in [0.15, 0.2) is 51.8 Å². The topological polar surface area (TPSA) is 62.5 Å². The minimum absolute atomic E-state index is 0.364. The van der Waals surface area contributed by atoms with E-state index in [2.05, 4.69) is 26.8 Å². The second kappa shape index (κ2) is 6.44. The summed E-state index contributed by atoms with van der Waals surface area (Å²) in [4.78, 5) is 26.3. The minimum Gasteiger partial charge on any atom is -0.422 e. The fourth-order valence-corrected chi connectivity index (χ4v) is 4.32. The van der Waals surface area contributed by atoms with Crippen molar-refractivity contribution >= 4 is 38.3 Å². The highest BCUT2D eigenvalue weighted by Gasteiger charge is 2.17. The standard InChI is InChI=1S/C20H18N4O2S/c1-23-6-8-24(9-7-23)18-11-16-13(12-21-18)10-14(20(25)26-16)19-22-15-4-2-3-5-17(15)27-19/h2-5,10-12H,6-9H2,1H3. The lowest BCUT2D eigenvalue weighted by atomic mass is 10.2. The van der Waals surface area contributed by atoms with Gasteiger partial charge in [0.15, 0.2) is 0 Å². The van der Waals surface area contributed by atoms with Crippen LogP contribution in [-0.2, 0) is 0 Å². The van der Waals surface area contributed by atoms with Crippen LogP contribution in [0.5, 0.6) is 0 Å². The molecule has 1 saturated heterocycles. The Morgan fingerprint density at radius 1 is 1.11 bits per heavy atom. The van der Waals surface area contributed by atoms with Gasteiger partial charge >= 0.3 is 5.63 Å². The van der Waals surface area contributed by atoms with Gasteiger partial charge in [0.25, 0.3) is 0 Å². The number of thiazole rings is 1. The second-order valence-corrected chi connectivity index (χ2v) is 7.84. The zero-order valence-electron chi connectivity index (χ0n) is 14.9. The molecule has 6 nitrogen and oxygen atoms in total. The molecule has 4 heterocycles. The van der Waals surface area contributed by atoms with Crippen LogP contribution in [0.2, 0.25) is 0 Å². The van der Waals surface area contributed by atoms with Crippen LogP contribution in [0.25, 0.3) is 31.8 Å². The van der Waals surface area contributed by atoms with Crippen molar-refractivity contribution < 1.29 is 4.42 Å². The quantitative estimate of drug-likeness (QED) is 0.534. The highest BCUT2D eigenvalue weighted by molar-refractivity contribution is 7.21. The summed E-state index contributed by atoms with van der Waals surface area (Å²) in [6.07, 6.45) is 1.78. The maximum absolute atomic E-state index is 12.6. The molecule has 5 rings (SSSR count). The molecular weight excluding hydrogens is 360 g/mol. The molecule has 1 fully saturated rings. The zero-order valence-corrected chi connectivity index (χ0v) is 15.7. The number of hydrogen-bond acceptors (Lipinski definition) is 7. The average Bonchev–Trinajstić information content (AvgIpc) is 3.11. The Bertz CT molecular complexity index is 1160. The smallest absolute Gasteiger partial charge is 0.346 e. The predicted octanol–water partition coefficient (Wildman–Crippen LogP) is 3.22. The van der Waals surface area contributed by atoms with Gasteiger partial charge in [-0.3, -0.25) is 0 Å². The summed E-state index contributed by atoms with van der Waals surface area (Å²) in [6.45, 7) is 3.84. The number of hydrogen-bond donors (Lipinski definition) is 0. The van der Waals surface area contributed by atoms with Crippen molar-refractivity contribution in [2.24, 2.45) is 0 Å². The molecule has 136 valence electrons. The number of anilines is 1. The fraction of sp³-hybridized carbons (Fsp3) is 0.250. The maximum Gasteiger partial charge on any atom is 0.346 e. The van der Waals surface area contributed by atoms with E-state index in [4.69, 9.17) is 4.42 Å². The second-order valence-electron chi connectivity index (χ2n) is 6.80. The molecule has 1 aromatic carbocycles. The van der Waals surface area contributed by atoms with Gasteiger partial charge in [-0.15, -0.1) is 11.3 Å². The molecule has 0 N–H and O–H groups in total.